The van der Waals surface area contributed by atoms with E-state index in [0.717, 1.165) is 116 Å². The van der Waals surface area contributed by atoms with Crippen LogP contribution in [0.1, 0.15) is 290 Å². The summed E-state index contributed by atoms with van der Waals surface area (Å²) < 4.78 is 30.4. The number of ether oxygens (including phenoxy) is 1. The van der Waals surface area contributed by atoms with Crippen LogP contribution in [0, 0.1) is 0 Å². The minimum Gasteiger partial charge on any atom is -0.756 e. The number of esters is 1. The largest absolute Gasteiger partial charge is 0.756 e. The molecule has 1 amide bonds. The molecular formula is C73H129N2O7P. The van der Waals surface area contributed by atoms with Crippen LogP contribution in [0.2, 0.25) is 0 Å². The van der Waals surface area contributed by atoms with Crippen LogP contribution in [-0.4, -0.2) is 69.4 Å². The first kappa shape index (κ1) is 79.7. The van der Waals surface area contributed by atoms with Gasteiger partial charge in [0.1, 0.15) is 19.3 Å². The Kier molecular flexibility index (Phi) is 59.3. The molecule has 9 nitrogen and oxygen atoms in total. The van der Waals surface area contributed by atoms with Crippen molar-refractivity contribution in [2.45, 2.75) is 303 Å². The van der Waals surface area contributed by atoms with Gasteiger partial charge in [-0.1, -0.05) is 272 Å². The molecule has 0 saturated carbocycles. The van der Waals surface area contributed by atoms with Gasteiger partial charge in [0, 0.05) is 12.8 Å². The topological polar surface area (TPSA) is 114 Å². The van der Waals surface area contributed by atoms with E-state index in [1.54, 1.807) is 0 Å². The highest BCUT2D eigenvalue weighted by Gasteiger charge is 2.27. The number of phosphoric acid groups is 1. The first-order valence-electron chi connectivity index (χ1n) is 34.2. The molecule has 0 rings (SSSR count). The molecule has 3 atom stereocenters. The van der Waals surface area contributed by atoms with E-state index in [1.807, 2.05) is 33.3 Å². The maximum absolute atomic E-state index is 13.6. The third-order valence-electron chi connectivity index (χ3n) is 14.7. The molecule has 0 fully saturated rings. The number of allylic oxidation sites excluding steroid dienone is 17. The van der Waals surface area contributed by atoms with Crippen LogP contribution in [0.25, 0.3) is 0 Å². The summed E-state index contributed by atoms with van der Waals surface area (Å²) in [6.45, 7) is 6.69. The van der Waals surface area contributed by atoms with Crippen LogP contribution in [0.5, 0.6) is 0 Å². The number of amides is 1. The quantitative estimate of drug-likeness (QED) is 0.0212. The zero-order valence-electron chi connectivity index (χ0n) is 54.6. The van der Waals surface area contributed by atoms with Crippen LogP contribution < -0.4 is 10.2 Å². The van der Waals surface area contributed by atoms with Crippen molar-refractivity contribution in [2.24, 2.45) is 0 Å². The monoisotopic (exact) mass is 1180 g/mol. The van der Waals surface area contributed by atoms with Gasteiger partial charge in [0.15, 0.2) is 0 Å². The number of hydrogen-bond acceptors (Lipinski definition) is 7. The fraction of sp³-hybridized carbons (Fsp3) is 0.726. The third kappa shape index (κ3) is 63.0. The second-order valence-corrected chi connectivity index (χ2v) is 25.4. The number of hydrogen-bond donors (Lipinski definition) is 1. The Bertz CT molecular complexity index is 1790. The lowest BCUT2D eigenvalue weighted by Crippen LogP contribution is -2.47. The lowest BCUT2D eigenvalue weighted by atomic mass is 10.0. The maximum Gasteiger partial charge on any atom is 0.306 e. The maximum atomic E-state index is 13.6. The number of rotatable bonds is 61. The van der Waals surface area contributed by atoms with Crippen molar-refractivity contribution in [3.05, 3.63) is 109 Å². The molecule has 83 heavy (non-hydrogen) atoms. The Hall–Kier alpha value is -3.33. The first-order valence-corrected chi connectivity index (χ1v) is 35.7. The lowest BCUT2D eigenvalue weighted by Gasteiger charge is -2.30. The van der Waals surface area contributed by atoms with Crippen molar-refractivity contribution in [1.82, 2.24) is 5.32 Å². The average Bonchev–Trinajstić information content (AvgIpc) is 3.51. The first-order chi connectivity index (χ1) is 40.4. The van der Waals surface area contributed by atoms with Gasteiger partial charge in [0.25, 0.3) is 7.82 Å². The fourth-order valence-electron chi connectivity index (χ4n) is 9.44. The molecule has 0 radical (unpaired) electrons. The molecule has 0 aromatic rings. The predicted octanol–water partition coefficient (Wildman–Crippen LogP) is 21.0. The molecular weight excluding hydrogens is 1050 g/mol. The van der Waals surface area contributed by atoms with Crippen LogP contribution >= 0.6 is 7.82 Å². The number of unbranched alkanes of at least 4 members (excludes halogenated alkanes) is 29. The molecule has 0 aromatic carbocycles. The lowest BCUT2D eigenvalue weighted by molar-refractivity contribution is -0.870. The highest BCUT2D eigenvalue weighted by atomic mass is 31.2. The summed E-state index contributed by atoms with van der Waals surface area (Å²) in [5, 5.41) is 3.02. The summed E-state index contributed by atoms with van der Waals surface area (Å²) in [7, 11) is 1.16. The van der Waals surface area contributed by atoms with E-state index in [0.29, 0.717) is 17.4 Å². The van der Waals surface area contributed by atoms with Crippen LogP contribution in [0.15, 0.2) is 109 Å². The molecule has 1 N–H and O–H groups in total. The van der Waals surface area contributed by atoms with Gasteiger partial charge >= 0.3 is 5.97 Å². The standard InChI is InChI=1S/C73H129N2O7P/c1-7-10-13-16-19-22-25-27-29-31-33-35-36-37-38-40-42-44-46-48-51-54-57-60-63-66-73(77)82-71(64-61-58-55-52-49-24-21-18-15-12-9-3)70(69-81-83(78,79)80-68-67-75(4,5)6)74-72(76)65-62-59-56-53-50-47-45-43-41-39-34-32-30-28-26-23-20-17-14-11-8-2/h11,14,19-20,22-23,27-30,33-35,39,43,45,61,64,70-71H,7-10,12-13,15-18,21,24-26,31-32,36-38,40-42,44,46-60,62-63,65-69H2,1-6H3,(H-,74,76,78,79)/b14-11-,22-19-,23-20-,29-27-,30-28-,35-33-,39-34-,45-43-,64-61+. The van der Waals surface area contributed by atoms with Crippen LogP contribution in [0.3, 0.4) is 0 Å². The number of carbonyl (C=O) groups is 2. The number of phosphoric ester groups is 1. The molecule has 0 bridgehead atoms. The zero-order valence-corrected chi connectivity index (χ0v) is 55.5. The van der Waals surface area contributed by atoms with Gasteiger partial charge in [0.05, 0.1) is 33.8 Å². The van der Waals surface area contributed by atoms with E-state index in [9.17, 15) is 19.0 Å². The highest BCUT2D eigenvalue weighted by molar-refractivity contribution is 7.45. The molecule has 478 valence electrons. The van der Waals surface area contributed by atoms with Gasteiger partial charge < -0.3 is 28.5 Å². The van der Waals surface area contributed by atoms with Crippen LogP contribution in [-0.2, 0) is 27.9 Å². The molecule has 0 spiro atoms. The number of nitrogens with zero attached hydrogens (tertiary/aromatic N) is 1. The second-order valence-electron chi connectivity index (χ2n) is 23.9. The SMILES string of the molecule is CC/C=C\C/C=C\C/C=C\C/C=C\C/C=C\CCCCCCCC(=O)NC(COP(=O)([O-])OCC[N+](C)(C)C)C(/C=C/CCCCCCCCCCC)OC(=O)CCCCCCCCCCCCCC/C=C\C/C=C\C/C=C\CCCCC. The molecule has 0 saturated heterocycles. The van der Waals surface area contributed by atoms with Crippen molar-refractivity contribution in [3.8, 4) is 0 Å². The molecule has 0 heterocycles. The number of quaternary nitrogens is 1. The van der Waals surface area contributed by atoms with E-state index < -0.39 is 26.6 Å². The van der Waals surface area contributed by atoms with Gasteiger partial charge in [-0.15, -0.1) is 0 Å². The fourth-order valence-corrected chi connectivity index (χ4v) is 10.2. The molecule has 10 heteroatoms. The summed E-state index contributed by atoms with van der Waals surface area (Å²) in [5.74, 6) is -0.566. The summed E-state index contributed by atoms with van der Waals surface area (Å²) in [6, 6.07) is -0.906. The number of likely N-dealkylation sites (N-methyl/N-ethyl adjacent to an activating group) is 1. The molecule has 0 aromatic heterocycles. The number of nitrogens with one attached hydrogen (secondary N) is 1. The molecule has 3 unspecified atom stereocenters. The Labute approximate surface area is 512 Å². The van der Waals surface area contributed by atoms with Gasteiger partial charge in [-0.3, -0.25) is 14.2 Å². The summed E-state index contributed by atoms with van der Waals surface area (Å²) in [6.07, 6.45) is 84.9. The van der Waals surface area contributed by atoms with Crippen molar-refractivity contribution >= 4 is 19.7 Å². The molecule has 0 aliphatic rings. The molecule has 0 aliphatic carbocycles. The molecule has 0 aliphatic heterocycles. The summed E-state index contributed by atoms with van der Waals surface area (Å²) >= 11 is 0. The van der Waals surface area contributed by atoms with Crippen LogP contribution in [0.4, 0.5) is 0 Å². The second kappa shape index (κ2) is 61.7. The normalized spacial score (nSPS) is 14.3. The predicted molar refractivity (Wildman–Crippen MR) is 357 cm³/mol. The Morgan fingerprint density at radius 3 is 1.18 bits per heavy atom. The minimum atomic E-state index is -4.71. The highest BCUT2D eigenvalue weighted by Crippen LogP contribution is 2.38. The number of carbonyl (C=O) groups excluding carboxylic acids is 2. The van der Waals surface area contributed by atoms with Crippen molar-refractivity contribution < 1.29 is 37.3 Å². The van der Waals surface area contributed by atoms with E-state index in [2.05, 4.69) is 123 Å². The summed E-state index contributed by atoms with van der Waals surface area (Å²) in [4.78, 5) is 40.1. The van der Waals surface area contributed by atoms with E-state index in [1.165, 1.54) is 135 Å². The van der Waals surface area contributed by atoms with E-state index in [4.69, 9.17) is 13.8 Å². The third-order valence-corrected chi connectivity index (χ3v) is 15.7. The Morgan fingerprint density at radius 1 is 0.434 bits per heavy atom. The smallest absolute Gasteiger partial charge is 0.306 e. The van der Waals surface area contributed by atoms with Crippen molar-refractivity contribution in [3.63, 3.8) is 0 Å². The van der Waals surface area contributed by atoms with E-state index in [-0.39, 0.29) is 31.3 Å². The van der Waals surface area contributed by atoms with Crippen molar-refractivity contribution in [2.75, 3.05) is 40.9 Å². The van der Waals surface area contributed by atoms with Crippen molar-refractivity contribution in [1.29, 1.82) is 0 Å². The van der Waals surface area contributed by atoms with E-state index >= 15 is 0 Å². The van der Waals surface area contributed by atoms with Gasteiger partial charge in [-0.2, -0.15) is 0 Å². The summed E-state index contributed by atoms with van der Waals surface area (Å²) in [5.41, 5.74) is 0. The average molecular weight is 1180 g/mol. The Balaban J connectivity index is 5.11. The Morgan fingerprint density at radius 2 is 0.771 bits per heavy atom. The zero-order chi connectivity index (χ0) is 60.7. The van der Waals surface area contributed by atoms with Gasteiger partial charge in [-0.05, 0) is 115 Å². The van der Waals surface area contributed by atoms with Gasteiger partial charge in [0.2, 0.25) is 5.91 Å². The minimum absolute atomic E-state index is 0.0316. The van der Waals surface area contributed by atoms with Gasteiger partial charge in [-0.25, -0.2) is 0 Å².